The number of likely N-dealkylation sites (tertiary alicyclic amines) is 1. The molecule has 4 rings (SSSR count). The zero-order chi connectivity index (χ0) is 20.8. The molecule has 0 radical (unpaired) electrons. The number of aromatic nitrogens is 3. The number of furan rings is 1. The minimum atomic E-state index is -0.273. The fraction of sp³-hybridized carbons (Fsp3) is 0.350. The highest BCUT2D eigenvalue weighted by Crippen LogP contribution is 2.26. The van der Waals surface area contributed by atoms with Crippen LogP contribution in [0.15, 0.2) is 40.5 Å². The van der Waals surface area contributed by atoms with E-state index in [4.69, 9.17) is 9.68 Å². The summed E-state index contributed by atoms with van der Waals surface area (Å²) in [5.41, 5.74) is 1.27. The molecule has 30 heavy (non-hydrogen) atoms. The lowest BCUT2D eigenvalue weighted by molar-refractivity contribution is 0.0944. The highest BCUT2D eigenvalue weighted by atomic mass is 32.1. The van der Waals surface area contributed by atoms with Crippen LogP contribution in [0.25, 0.3) is 0 Å². The van der Waals surface area contributed by atoms with E-state index in [0.717, 1.165) is 31.6 Å². The highest BCUT2D eigenvalue weighted by molar-refractivity contribution is 7.14. The molecular formula is C20H21N7O2S. The summed E-state index contributed by atoms with van der Waals surface area (Å²) < 4.78 is 5.21. The van der Waals surface area contributed by atoms with Crippen LogP contribution >= 0.6 is 11.3 Å². The van der Waals surface area contributed by atoms with Crippen molar-refractivity contribution in [1.29, 1.82) is 5.26 Å². The van der Waals surface area contributed by atoms with E-state index in [2.05, 4.69) is 36.6 Å². The van der Waals surface area contributed by atoms with Gasteiger partial charge < -0.3 is 15.1 Å². The lowest BCUT2D eigenvalue weighted by atomic mass is 9.94. The number of thiazole rings is 1. The van der Waals surface area contributed by atoms with E-state index in [1.54, 1.807) is 30.0 Å². The molecule has 0 spiro atoms. The van der Waals surface area contributed by atoms with E-state index in [1.165, 1.54) is 11.3 Å². The molecule has 1 aliphatic heterocycles. The van der Waals surface area contributed by atoms with Gasteiger partial charge >= 0.3 is 0 Å². The van der Waals surface area contributed by atoms with Crippen molar-refractivity contribution in [2.75, 3.05) is 25.0 Å². The van der Waals surface area contributed by atoms with Gasteiger partial charge in [-0.25, -0.2) is 15.0 Å². The number of hydrogen-bond donors (Lipinski definition) is 2. The van der Waals surface area contributed by atoms with Crippen molar-refractivity contribution >= 4 is 28.3 Å². The van der Waals surface area contributed by atoms with Crippen molar-refractivity contribution in [2.45, 2.75) is 25.3 Å². The fourth-order valence-electron chi connectivity index (χ4n) is 3.40. The lowest BCUT2D eigenvalue weighted by Gasteiger charge is -2.30. The molecule has 1 amide bonds. The number of carbonyl (C=O) groups excluding carboxylic acids is 1. The number of amides is 1. The van der Waals surface area contributed by atoms with Crippen LogP contribution in [0.2, 0.25) is 0 Å². The number of nitrogens with one attached hydrogen (secondary N) is 2. The Balaban J connectivity index is 1.37. The van der Waals surface area contributed by atoms with E-state index in [-0.39, 0.29) is 11.8 Å². The van der Waals surface area contributed by atoms with Crippen LogP contribution in [0, 0.1) is 11.3 Å². The van der Waals surface area contributed by atoms with Gasteiger partial charge in [-0.1, -0.05) is 0 Å². The minimum Gasteiger partial charge on any atom is -0.467 e. The summed E-state index contributed by atoms with van der Waals surface area (Å²) >= 11 is 1.31. The Morgan fingerprint density at radius 3 is 3.17 bits per heavy atom. The number of anilines is 2. The van der Waals surface area contributed by atoms with Crippen LogP contribution in [-0.4, -0.2) is 45.4 Å². The first-order valence-electron chi connectivity index (χ1n) is 9.66. The van der Waals surface area contributed by atoms with Crippen LogP contribution < -0.4 is 10.6 Å². The quantitative estimate of drug-likeness (QED) is 0.557. The summed E-state index contributed by atoms with van der Waals surface area (Å²) in [6, 6.07) is 7.70. The zero-order valence-corrected chi connectivity index (χ0v) is 17.1. The van der Waals surface area contributed by atoms with Crippen molar-refractivity contribution in [3.8, 4) is 6.07 Å². The smallest absolute Gasteiger partial charge is 0.271 e. The van der Waals surface area contributed by atoms with Gasteiger partial charge in [0.25, 0.3) is 5.91 Å². The summed E-state index contributed by atoms with van der Waals surface area (Å²) in [5, 5.41) is 17.0. The number of carbonyl (C=O) groups is 1. The van der Waals surface area contributed by atoms with E-state index >= 15 is 0 Å². The first-order chi connectivity index (χ1) is 14.7. The second kappa shape index (κ2) is 9.47. The topological polar surface area (TPSA) is 120 Å². The molecule has 154 valence electrons. The Morgan fingerprint density at radius 2 is 2.33 bits per heavy atom. The van der Waals surface area contributed by atoms with Crippen LogP contribution in [0.1, 0.15) is 40.7 Å². The van der Waals surface area contributed by atoms with Crippen molar-refractivity contribution in [2.24, 2.45) is 0 Å². The van der Waals surface area contributed by atoms with Gasteiger partial charge in [0.15, 0.2) is 5.13 Å². The third-order valence-electron chi connectivity index (χ3n) is 4.85. The predicted octanol–water partition coefficient (Wildman–Crippen LogP) is 2.90. The summed E-state index contributed by atoms with van der Waals surface area (Å²) in [6.45, 7) is 2.52. The molecule has 3 aromatic heterocycles. The molecule has 2 N–H and O–H groups in total. The Morgan fingerprint density at radius 1 is 1.40 bits per heavy atom. The van der Waals surface area contributed by atoms with Crippen molar-refractivity contribution in [1.82, 2.24) is 25.2 Å². The van der Waals surface area contributed by atoms with E-state index in [1.807, 2.05) is 6.07 Å². The van der Waals surface area contributed by atoms with Gasteiger partial charge in [-0.05, 0) is 37.6 Å². The van der Waals surface area contributed by atoms with Gasteiger partial charge in [0.2, 0.25) is 5.95 Å². The zero-order valence-electron chi connectivity index (χ0n) is 16.2. The number of nitrogens with zero attached hydrogens (tertiary/aromatic N) is 5. The third-order valence-corrected chi connectivity index (χ3v) is 5.61. The molecule has 4 heterocycles. The van der Waals surface area contributed by atoms with Crippen LogP contribution in [0.5, 0.6) is 0 Å². The maximum Gasteiger partial charge on any atom is 0.271 e. The second-order valence-corrected chi connectivity index (χ2v) is 7.82. The molecular weight excluding hydrogens is 402 g/mol. The molecule has 0 saturated carbocycles. The van der Waals surface area contributed by atoms with Gasteiger partial charge in [0.1, 0.15) is 11.5 Å². The predicted molar refractivity (Wildman–Crippen MR) is 111 cm³/mol. The van der Waals surface area contributed by atoms with Gasteiger partial charge in [0, 0.05) is 24.0 Å². The Hall–Kier alpha value is -3.29. The van der Waals surface area contributed by atoms with E-state index in [9.17, 15) is 4.79 Å². The number of nitriles is 1. The molecule has 1 atom stereocenters. The number of hydrogen-bond acceptors (Lipinski definition) is 9. The van der Waals surface area contributed by atoms with Crippen LogP contribution in [0.3, 0.4) is 0 Å². The normalized spacial score (nSPS) is 16.7. The summed E-state index contributed by atoms with van der Waals surface area (Å²) in [6.07, 6.45) is 5.37. The second-order valence-electron chi connectivity index (χ2n) is 6.96. The van der Waals surface area contributed by atoms with Crippen molar-refractivity contribution in [3.63, 3.8) is 0 Å². The molecule has 3 aromatic rings. The molecule has 0 bridgehead atoms. The van der Waals surface area contributed by atoms with Crippen molar-refractivity contribution in [3.05, 3.63) is 53.2 Å². The standard InChI is InChI=1S/C20H21N7O2S/c21-6-9-27-8-1-3-14(12-27)16-5-7-22-19(24-16)26-20-25-17(13-30-20)18(28)23-11-15-4-2-10-29-15/h2,4-5,7,10,13-14H,1,3,8-9,11-12H2,(H,23,28)(H,22,24,25,26). The molecule has 1 aliphatic rings. The first-order valence-corrected chi connectivity index (χ1v) is 10.5. The van der Waals surface area contributed by atoms with Gasteiger partial charge in [-0.2, -0.15) is 5.26 Å². The summed E-state index contributed by atoms with van der Waals surface area (Å²) in [4.78, 5) is 27.6. The minimum absolute atomic E-state index is 0.273. The maximum absolute atomic E-state index is 12.3. The van der Waals surface area contributed by atoms with Gasteiger partial charge in [0.05, 0.1) is 31.1 Å². The monoisotopic (exact) mass is 423 g/mol. The molecule has 0 aromatic carbocycles. The molecule has 10 heteroatoms. The molecule has 1 saturated heterocycles. The van der Waals surface area contributed by atoms with E-state index < -0.39 is 0 Å². The maximum atomic E-state index is 12.3. The average molecular weight is 424 g/mol. The highest BCUT2D eigenvalue weighted by Gasteiger charge is 2.22. The summed E-state index contributed by atoms with van der Waals surface area (Å²) in [5.74, 6) is 1.13. The third kappa shape index (κ3) is 5.00. The molecule has 1 unspecified atom stereocenters. The number of piperidine rings is 1. The fourth-order valence-corrected chi connectivity index (χ4v) is 4.09. The number of rotatable bonds is 7. The average Bonchev–Trinajstić information content (AvgIpc) is 3.45. The Labute approximate surface area is 177 Å². The van der Waals surface area contributed by atoms with Crippen LogP contribution in [0.4, 0.5) is 11.1 Å². The van der Waals surface area contributed by atoms with Gasteiger partial charge in [-0.3, -0.25) is 9.69 Å². The lowest BCUT2D eigenvalue weighted by Crippen LogP contribution is -2.34. The molecule has 1 fully saturated rings. The van der Waals surface area contributed by atoms with Crippen LogP contribution in [-0.2, 0) is 6.54 Å². The molecule has 0 aliphatic carbocycles. The first kappa shape index (κ1) is 20.0. The largest absolute Gasteiger partial charge is 0.467 e. The molecule has 9 nitrogen and oxygen atoms in total. The van der Waals surface area contributed by atoms with Crippen molar-refractivity contribution < 1.29 is 9.21 Å². The Kier molecular flexibility index (Phi) is 6.32. The Bertz CT molecular complexity index is 1030. The van der Waals surface area contributed by atoms with E-state index in [0.29, 0.717) is 35.6 Å². The van der Waals surface area contributed by atoms with Gasteiger partial charge in [-0.15, -0.1) is 11.3 Å². The SMILES string of the molecule is N#CCN1CCCC(c2ccnc(Nc3nc(C(=O)NCc4ccco4)cs3)n2)C1. The summed E-state index contributed by atoms with van der Waals surface area (Å²) in [7, 11) is 0.